The second-order valence-corrected chi connectivity index (χ2v) is 7.50. The predicted molar refractivity (Wildman–Crippen MR) is 94.8 cm³/mol. The average Bonchev–Trinajstić information content (AvgIpc) is 3.14. The van der Waals surface area contributed by atoms with Crippen LogP contribution in [-0.4, -0.2) is 65.0 Å². The molecule has 1 aromatic heterocycles. The van der Waals surface area contributed by atoms with Crippen LogP contribution in [-0.2, 0) is 16.1 Å². The molecule has 2 N–H and O–H groups in total. The van der Waals surface area contributed by atoms with Gasteiger partial charge in [-0.15, -0.1) is 11.3 Å². The number of aryl methyl sites for hydroxylation is 1. The molecule has 7 heteroatoms. The summed E-state index contributed by atoms with van der Waals surface area (Å²) in [5, 5.41) is 11.8. The molecule has 2 rings (SSSR count). The highest BCUT2D eigenvalue weighted by molar-refractivity contribution is 7.11. The van der Waals surface area contributed by atoms with Crippen LogP contribution >= 0.6 is 11.3 Å². The van der Waals surface area contributed by atoms with E-state index in [1.807, 2.05) is 18.7 Å². The van der Waals surface area contributed by atoms with E-state index < -0.39 is 6.61 Å². The third-order valence-corrected chi connectivity index (χ3v) is 5.41. The third kappa shape index (κ3) is 4.55. The maximum atomic E-state index is 12.8. The maximum Gasteiger partial charge on any atom is 0.245 e. The molecule has 2 heterocycles. The van der Waals surface area contributed by atoms with Crippen LogP contribution < -0.4 is 5.32 Å². The summed E-state index contributed by atoms with van der Waals surface area (Å²) in [6.07, 6.45) is 0.589. The number of aliphatic hydroxyl groups excluding tert-OH is 1. The lowest BCUT2D eigenvalue weighted by atomic mass is 10.1. The molecule has 0 aromatic carbocycles. The molecule has 1 aromatic rings. The van der Waals surface area contributed by atoms with Crippen LogP contribution in [0.25, 0.3) is 0 Å². The van der Waals surface area contributed by atoms with E-state index in [-0.39, 0.29) is 23.9 Å². The molecule has 0 unspecified atom stereocenters. The van der Waals surface area contributed by atoms with Crippen molar-refractivity contribution in [1.82, 2.24) is 15.1 Å². The SMILES string of the molecule is CCN(CC)C(=O)[C@@H]1C[C@@H](NC(=O)CO)CN1Cc1ccc(C)s1. The monoisotopic (exact) mass is 353 g/mol. The van der Waals surface area contributed by atoms with E-state index in [2.05, 4.69) is 29.3 Å². The summed E-state index contributed by atoms with van der Waals surface area (Å²) in [5.74, 6) is -0.267. The zero-order valence-electron chi connectivity index (χ0n) is 14.6. The first kappa shape index (κ1) is 18.9. The lowest BCUT2D eigenvalue weighted by Crippen LogP contribution is -2.45. The molecule has 2 atom stereocenters. The fourth-order valence-corrected chi connectivity index (χ4v) is 4.15. The van der Waals surface area contributed by atoms with Crippen LogP contribution in [0.1, 0.15) is 30.0 Å². The molecule has 2 amide bonds. The van der Waals surface area contributed by atoms with E-state index in [1.165, 1.54) is 9.75 Å². The highest BCUT2D eigenvalue weighted by Crippen LogP contribution is 2.25. The largest absolute Gasteiger partial charge is 0.387 e. The zero-order valence-corrected chi connectivity index (χ0v) is 15.4. The Bertz CT molecular complexity index is 571. The number of thiophene rings is 1. The van der Waals surface area contributed by atoms with Gasteiger partial charge in [-0.2, -0.15) is 0 Å². The number of rotatable bonds is 7. The molecule has 1 saturated heterocycles. The van der Waals surface area contributed by atoms with Crippen LogP contribution in [0, 0.1) is 6.92 Å². The van der Waals surface area contributed by atoms with Crippen molar-refractivity contribution in [2.24, 2.45) is 0 Å². The summed E-state index contributed by atoms with van der Waals surface area (Å²) >= 11 is 1.73. The molecule has 0 spiro atoms. The lowest BCUT2D eigenvalue weighted by Gasteiger charge is -2.28. The van der Waals surface area contributed by atoms with Crippen LogP contribution in [0.3, 0.4) is 0 Å². The van der Waals surface area contributed by atoms with E-state index in [0.29, 0.717) is 32.6 Å². The van der Waals surface area contributed by atoms with Gasteiger partial charge in [0.15, 0.2) is 0 Å². The summed E-state index contributed by atoms with van der Waals surface area (Å²) in [4.78, 5) is 30.8. The van der Waals surface area contributed by atoms with Crippen LogP contribution in [0.15, 0.2) is 12.1 Å². The Morgan fingerprint density at radius 3 is 2.62 bits per heavy atom. The van der Waals surface area contributed by atoms with Crippen LogP contribution in [0.2, 0.25) is 0 Å². The second kappa shape index (κ2) is 8.60. The van der Waals surface area contributed by atoms with Gasteiger partial charge in [0.2, 0.25) is 11.8 Å². The number of likely N-dealkylation sites (N-methyl/N-ethyl adjacent to an activating group) is 1. The van der Waals surface area contributed by atoms with E-state index in [0.717, 1.165) is 0 Å². The van der Waals surface area contributed by atoms with Gasteiger partial charge in [0, 0.05) is 42.0 Å². The van der Waals surface area contributed by atoms with Gasteiger partial charge in [0.05, 0.1) is 6.04 Å². The van der Waals surface area contributed by atoms with Gasteiger partial charge in [-0.25, -0.2) is 0 Å². The molecule has 134 valence electrons. The van der Waals surface area contributed by atoms with Crippen molar-refractivity contribution in [3.63, 3.8) is 0 Å². The van der Waals surface area contributed by atoms with E-state index >= 15 is 0 Å². The number of nitrogens with one attached hydrogen (secondary N) is 1. The molecular weight excluding hydrogens is 326 g/mol. The minimum atomic E-state index is -0.519. The second-order valence-electron chi connectivity index (χ2n) is 6.13. The third-order valence-electron chi connectivity index (χ3n) is 4.43. The van der Waals surface area contributed by atoms with Gasteiger partial charge in [0.25, 0.3) is 0 Å². The highest BCUT2D eigenvalue weighted by Gasteiger charge is 2.38. The number of hydrogen-bond donors (Lipinski definition) is 2. The predicted octanol–water partition coefficient (Wildman–Crippen LogP) is 0.976. The van der Waals surface area contributed by atoms with Gasteiger partial charge in [0.1, 0.15) is 6.61 Å². The molecule has 6 nitrogen and oxygen atoms in total. The minimum absolute atomic E-state index is 0.102. The number of amides is 2. The molecule has 0 aliphatic carbocycles. The first-order chi connectivity index (χ1) is 11.5. The Morgan fingerprint density at radius 2 is 2.08 bits per heavy atom. The number of carbonyl (C=O) groups is 2. The van der Waals surface area contributed by atoms with Crippen molar-refractivity contribution in [2.45, 2.75) is 45.8 Å². The smallest absolute Gasteiger partial charge is 0.245 e. The van der Waals surface area contributed by atoms with Gasteiger partial charge in [-0.05, 0) is 39.3 Å². The molecule has 0 radical (unpaired) electrons. The molecule has 0 saturated carbocycles. The van der Waals surface area contributed by atoms with Gasteiger partial charge >= 0.3 is 0 Å². The number of carbonyl (C=O) groups excluding carboxylic acids is 2. The lowest BCUT2D eigenvalue weighted by molar-refractivity contribution is -0.135. The highest BCUT2D eigenvalue weighted by atomic mass is 32.1. The molecule has 24 heavy (non-hydrogen) atoms. The molecule has 1 aliphatic heterocycles. The van der Waals surface area contributed by atoms with Crippen molar-refractivity contribution in [2.75, 3.05) is 26.2 Å². The molecule has 0 bridgehead atoms. The zero-order chi connectivity index (χ0) is 17.7. The Morgan fingerprint density at radius 1 is 1.38 bits per heavy atom. The number of nitrogens with zero attached hydrogens (tertiary/aromatic N) is 2. The first-order valence-corrected chi connectivity index (χ1v) is 9.28. The van der Waals surface area contributed by atoms with Crippen LogP contribution in [0.5, 0.6) is 0 Å². The number of hydrogen-bond acceptors (Lipinski definition) is 5. The van der Waals surface area contributed by atoms with E-state index in [4.69, 9.17) is 5.11 Å². The number of aliphatic hydroxyl groups is 1. The summed E-state index contributed by atoms with van der Waals surface area (Å²) in [6.45, 7) is 8.22. The van der Waals surface area contributed by atoms with Gasteiger partial charge < -0.3 is 15.3 Å². The molecule has 1 fully saturated rings. The van der Waals surface area contributed by atoms with Gasteiger partial charge in [-0.3, -0.25) is 14.5 Å². The maximum absolute atomic E-state index is 12.8. The molecular formula is C17H27N3O3S. The van der Waals surface area contributed by atoms with Crippen molar-refractivity contribution in [3.8, 4) is 0 Å². The van der Waals surface area contributed by atoms with Crippen molar-refractivity contribution >= 4 is 23.2 Å². The van der Waals surface area contributed by atoms with Crippen molar-refractivity contribution < 1.29 is 14.7 Å². The summed E-state index contributed by atoms with van der Waals surface area (Å²) in [5.41, 5.74) is 0. The van der Waals surface area contributed by atoms with E-state index in [1.54, 1.807) is 11.3 Å². The molecule has 1 aliphatic rings. The summed E-state index contributed by atoms with van der Waals surface area (Å²) in [7, 11) is 0. The van der Waals surface area contributed by atoms with Gasteiger partial charge in [-0.1, -0.05) is 0 Å². The Balaban J connectivity index is 2.12. The van der Waals surface area contributed by atoms with Crippen molar-refractivity contribution in [1.29, 1.82) is 0 Å². The summed E-state index contributed by atoms with van der Waals surface area (Å²) in [6, 6.07) is 3.85. The number of likely N-dealkylation sites (tertiary alicyclic amines) is 1. The topological polar surface area (TPSA) is 72.9 Å². The Hall–Kier alpha value is -1.44. The first-order valence-electron chi connectivity index (χ1n) is 8.46. The average molecular weight is 353 g/mol. The summed E-state index contributed by atoms with van der Waals surface area (Å²) < 4.78 is 0. The quantitative estimate of drug-likeness (QED) is 0.766. The Kier molecular flexibility index (Phi) is 6.77. The minimum Gasteiger partial charge on any atom is -0.387 e. The fourth-order valence-electron chi connectivity index (χ4n) is 3.23. The standard InChI is InChI=1S/C17H27N3O3S/c1-4-19(5-2)17(23)15-8-13(18-16(22)11-21)9-20(15)10-14-7-6-12(3)24-14/h6-7,13,15,21H,4-5,8-11H2,1-3H3,(H,18,22)/t13-,15+/m1/s1. The van der Waals surface area contributed by atoms with E-state index in [9.17, 15) is 9.59 Å². The fraction of sp³-hybridized carbons (Fsp3) is 0.647. The van der Waals surface area contributed by atoms with Crippen molar-refractivity contribution in [3.05, 3.63) is 21.9 Å². The Labute approximate surface area is 147 Å². The van der Waals surface area contributed by atoms with Crippen LogP contribution in [0.4, 0.5) is 0 Å². The normalized spacial score (nSPS) is 21.0.